The van der Waals surface area contributed by atoms with Crippen LogP contribution in [0, 0.1) is 5.92 Å². The standard InChI is InChI=1S/C14H21ClN2O/c1-10(2)11(3)17-14(18)9-16-8-12-6-4-5-7-13(12)15/h4-7,10-11,16H,8-9H2,1-3H3,(H,17,18). The van der Waals surface area contributed by atoms with Gasteiger partial charge in [0.25, 0.3) is 0 Å². The Hall–Kier alpha value is -1.06. The smallest absolute Gasteiger partial charge is 0.234 e. The molecule has 0 heterocycles. The minimum Gasteiger partial charge on any atom is -0.352 e. The van der Waals surface area contributed by atoms with Gasteiger partial charge in [-0.1, -0.05) is 43.6 Å². The first-order valence-electron chi connectivity index (χ1n) is 6.24. The Morgan fingerprint density at radius 2 is 1.94 bits per heavy atom. The molecule has 2 N–H and O–H groups in total. The van der Waals surface area contributed by atoms with Crippen molar-refractivity contribution in [1.82, 2.24) is 10.6 Å². The normalized spacial score (nSPS) is 12.5. The van der Waals surface area contributed by atoms with Crippen LogP contribution in [0.4, 0.5) is 0 Å². The molecule has 0 radical (unpaired) electrons. The molecule has 1 aromatic carbocycles. The van der Waals surface area contributed by atoms with E-state index in [0.29, 0.717) is 19.0 Å². The largest absolute Gasteiger partial charge is 0.352 e. The van der Waals surface area contributed by atoms with Crippen molar-refractivity contribution in [2.75, 3.05) is 6.54 Å². The fourth-order valence-electron chi connectivity index (χ4n) is 1.42. The summed E-state index contributed by atoms with van der Waals surface area (Å²) in [6, 6.07) is 7.82. The van der Waals surface area contributed by atoms with Crippen molar-refractivity contribution in [3.8, 4) is 0 Å². The first-order valence-corrected chi connectivity index (χ1v) is 6.62. The maximum Gasteiger partial charge on any atom is 0.234 e. The average Bonchev–Trinajstić information content (AvgIpc) is 2.31. The van der Waals surface area contributed by atoms with Crippen LogP contribution in [-0.4, -0.2) is 18.5 Å². The number of benzene rings is 1. The maximum absolute atomic E-state index is 11.6. The molecule has 1 aromatic rings. The highest BCUT2D eigenvalue weighted by molar-refractivity contribution is 6.31. The third kappa shape index (κ3) is 5.07. The maximum atomic E-state index is 11.6. The van der Waals surface area contributed by atoms with Crippen LogP contribution in [0.2, 0.25) is 5.02 Å². The lowest BCUT2D eigenvalue weighted by molar-refractivity contribution is -0.121. The fourth-order valence-corrected chi connectivity index (χ4v) is 1.63. The Bertz CT molecular complexity index is 393. The highest BCUT2D eigenvalue weighted by Crippen LogP contribution is 2.13. The highest BCUT2D eigenvalue weighted by atomic mass is 35.5. The monoisotopic (exact) mass is 268 g/mol. The SMILES string of the molecule is CC(C)C(C)NC(=O)CNCc1ccccc1Cl. The van der Waals surface area contributed by atoms with E-state index in [1.807, 2.05) is 31.2 Å². The molecule has 100 valence electrons. The molecular weight excluding hydrogens is 248 g/mol. The number of halogens is 1. The molecule has 1 unspecified atom stereocenters. The Kier molecular flexibility index (Phi) is 6.16. The van der Waals surface area contributed by atoms with Gasteiger partial charge in [-0.15, -0.1) is 0 Å². The van der Waals surface area contributed by atoms with Gasteiger partial charge < -0.3 is 10.6 Å². The third-order valence-corrected chi connectivity index (χ3v) is 3.32. The summed E-state index contributed by atoms with van der Waals surface area (Å²) in [5.74, 6) is 0.459. The van der Waals surface area contributed by atoms with Gasteiger partial charge in [0, 0.05) is 17.6 Å². The van der Waals surface area contributed by atoms with Crippen LogP contribution in [0.3, 0.4) is 0 Å². The van der Waals surface area contributed by atoms with Crippen molar-refractivity contribution < 1.29 is 4.79 Å². The van der Waals surface area contributed by atoms with Gasteiger partial charge in [0.15, 0.2) is 0 Å². The summed E-state index contributed by atoms with van der Waals surface area (Å²) in [6.45, 7) is 7.09. The van der Waals surface area contributed by atoms with E-state index in [1.54, 1.807) is 0 Å². The average molecular weight is 269 g/mol. The molecule has 1 amide bonds. The number of hydrogen-bond donors (Lipinski definition) is 2. The topological polar surface area (TPSA) is 41.1 Å². The van der Waals surface area contributed by atoms with Crippen molar-refractivity contribution >= 4 is 17.5 Å². The fraction of sp³-hybridized carbons (Fsp3) is 0.500. The van der Waals surface area contributed by atoms with Gasteiger partial charge in [-0.05, 0) is 24.5 Å². The van der Waals surface area contributed by atoms with Gasteiger partial charge >= 0.3 is 0 Å². The van der Waals surface area contributed by atoms with E-state index in [0.717, 1.165) is 10.6 Å². The minimum absolute atomic E-state index is 0.0169. The Morgan fingerprint density at radius 1 is 1.28 bits per heavy atom. The molecular formula is C14H21ClN2O. The molecule has 0 fully saturated rings. The Labute approximate surface area is 114 Å². The van der Waals surface area contributed by atoms with E-state index in [9.17, 15) is 4.79 Å². The summed E-state index contributed by atoms with van der Waals surface area (Å²) in [6.07, 6.45) is 0. The zero-order chi connectivity index (χ0) is 13.5. The summed E-state index contributed by atoms with van der Waals surface area (Å²) in [5, 5.41) is 6.76. The van der Waals surface area contributed by atoms with Crippen LogP contribution in [0.15, 0.2) is 24.3 Å². The molecule has 0 spiro atoms. The molecule has 0 saturated carbocycles. The van der Waals surface area contributed by atoms with E-state index in [4.69, 9.17) is 11.6 Å². The lowest BCUT2D eigenvalue weighted by atomic mass is 10.1. The second-order valence-electron chi connectivity index (χ2n) is 4.80. The Balaban J connectivity index is 2.30. The van der Waals surface area contributed by atoms with Gasteiger partial charge in [0.2, 0.25) is 5.91 Å². The zero-order valence-electron chi connectivity index (χ0n) is 11.2. The molecule has 1 rings (SSSR count). The summed E-state index contributed by atoms with van der Waals surface area (Å²) in [7, 11) is 0. The number of amides is 1. The van der Waals surface area contributed by atoms with E-state index < -0.39 is 0 Å². The molecule has 1 atom stereocenters. The summed E-state index contributed by atoms with van der Waals surface area (Å²) in [5.41, 5.74) is 1.00. The quantitative estimate of drug-likeness (QED) is 0.833. The lowest BCUT2D eigenvalue weighted by Gasteiger charge is -2.17. The molecule has 0 aliphatic carbocycles. The second kappa shape index (κ2) is 7.39. The molecule has 3 nitrogen and oxygen atoms in total. The van der Waals surface area contributed by atoms with Crippen LogP contribution in [0.5, 0.6) is 0 Å². The van der Waals surface area contributed by atoms with Crippen molar-refractivity contribution in [3.05, 3.63) is 34.9 Å². The number of nitrogens with one attached hydrogen (secondary N) is 2. The molecule has 0 aliphatic rings. The van der Waals surface area contributed by atoms with Crippen LogP contribution in [0.25, 0.3) is 0 Å². The van der Waals surface area contributed by atoms with E-state index in [-0.39, 0.29) is 11.9 Å². The Morgan fingerprint density at radius 3 is 2.56 bits per heavy atom. The summed E-state index contributed by atoms with van der Waals surface area (Å²) >= 11 is 6.02. The van der Waals surface area contributed by atoms with Gasteiger partial charge in [0.1, 0.15) is 0 Å². The van der Waals surface area contributed by atoms with Gasteiger partial charge in [-0.25, -0.2) is 0 Å². The molecule has 0 saturated heterocycles. The van der Waals surface area contributed by atoms with E-state index in [2.05, 4.69) is 24.5 Å². The zero-order valence-corrected chi connectivity index (χ0v) is 11.9. The second-order valence-corrected chi connectivity index (χ2v) is 5.20. The van der Waals surface area contributed by atoms with Crippen molar-refractivity contribution in [1.29, 1.82) is 0 Å². The lowest BCUT2D eigenvalue weighted by Crippen LogP contribution is -2.41. The molecule has 0 aromatic heterocycles. The van der Waals surface area contributed by atoms with Gasteiger partial charge in [-0.2, -0.15) is 0 Å². The predicted octanol–water partition coefficient (Wildman–Crippen LogP) is 2.59. The van der Waals surface area contributed by atoms with Gasteiger partial charge in [-0.3, -0.25) is 4.79 Å². The summed E-state index contributed by atoms with van der Waals surface area (Å²) in [4.78, 5) is 11.6. The van der Waals surface area contributed by atoms with Crippen molar-refractivity contribution in [2.24, 2.45) is 5.92 Å². The number of carbonyl (C=O) groups excluding carboxylic acids is 1. The molecule has 0 aliphatic heterocycles. The van der Waals surface area contributed by atoms with E-state index >= 15 is 0 Å². The minimum atomic E-state index is 0.0169. The third-order valence-electron chi connectivity index (χ3n) is 2.95. The van der Waals surface area contributed by atoms with Crippen LogP contribution < -0.4 is 10.6 Å². The molecule has 18 heavy (non-hydrogen) atoms. The van der Waals surface area contributed by atoms with Crippen molar-refractivity contribution in [3.63, 3.8) is 0 Å². The first kappa shape index (κ1) is 15.0. The van der Waals surface area contributed by atoms with E-state index in [1.165, 1.54) is 0 Å². The summed E-state index contributed by atoms with van der Waals surface area (Å²) < 4.78 is 0. The number of hydrogen-bond acceptors (Lipinski definition) is 2. The predicted molar refractivity (Wildman–Crippen MR) is 75.6 cm³/mol. The van der Waals surface area contributed by atoms with Crippen LogP contribution in [-0.2, 0) is 11.3 Å². The van der Waals surface area contributed by atoms with Crippen LogP contribution >= 0.6 is 11.6 Å². The van der Waals surface area contributed by atoms with Gasteiger partial charge in [0.05, 0.1) is 6.54 Å². The number of carbonyl (C=O) groups is 1. The van der Waals surface area contributed by atoms with Crippen molar-refractivity contribution in [2.45, 2.75) is 33.4 Å². The molecule has 4 heteroatoms. The highest BCUT2D eigenvalue weighted by Gasteiger charge is 2.10. The van der Waals surface area contributed by atoms with Crippen LogP contribution in [0.1, 0.15) is 26.3 Å². The number of rotatable bonds is 6. The first-order chi connectivity index (χ1) is 8.50. The molecule has 0 bridgehead atoms.